The average molecular weight is 454 g/mol. The molecule has 166 valence electrons. The number of nitrogens with zero attached hydrogens (tertiary/aromatic N) is 1. The zero-order chi connectivity index (χ0) is 23.3. The van der Waals surface area contributed by atoms with E-state index in [0.29, 0.717) is 34.2 Å². The largest absolute Gasteiger partial charge is 0.339 e. The van der Waals surface area contributed by atoms with Gasteiger partial charge in [0.1, 0.15) is 5.82 Å². The minimum atomic E-state index is -0.493. The van der Waals surface area contributed by atoms with Crippen molar-refractivity contribution in [1.29, 1.82) is 0 Å². The normalized spacial score (nSPS) is 10.5. The van der Waals surface area contributed by atoms with Gasteiger partial charge in [-0.1, -0.05) is 18.2 Å². The van der Waals surface area contributed by atoms with E-state index < -0.39 is 11.7 Å². The van der Waals surface area contributed by atoms with Gasteiger partial charge in [-0.05, 0) is 61.4 Å². The molecule has 0 aliphatic heterocycles. The number of carbonyl (C=O) groups excluding carboxylic acids is 3. The molecule has 0 bridgehead atoms. The highest BCUT2D eigenvalue weighted by atomic mass is 32.1. The zero-order valence-corrected chi connectivity index (χ0v) is 18.9. The molecule has 0 saturated carbocycles. The maximum Gasteiger partial charge on any atom is 0.266 e. The zero-order valence-electron chi connectivity index (χ0n) is 18.1. The van der Waals surface area contributed by atoms with Crippen LogP contribution in [0.15, 0.2) is 54.6 Å². The van der Waals surface area contributed by atoms with Gasteiger partial charge in [-0.15, -0.1) is 11.3 Å². The molecule has 0 saturated heterocycles. The smallest absolute Gasteiger partial charge is 0.266 e. The number of halogens is 1. The fourth-order valence-corrected chi connectivity index (χ4v) is 4.15. The van der Waals surface area contributed by atoms with Crippen molar-refractivity contribution in [2.24, 2.45) is 0 Å². The van der Waals surface area contributed by atoms with Crippen molar-refractivity contribution < 1.29 is 18.8 Å². The highest BCUT2D eigenvalue weighted by Crippen LogP contribution is 2.28. The molecule has 0 aliphatic carbocycles. The van der Waals surface area contributed by atoms with E-state index >= 15 is 0 Å². The monoisotopic (exact) mass is 453 g/mol. The first-order valence-electron chi connectivity index (χ1n) is 10.1. The van der Waals surface area contributed by atoms with Gasteiger partial charge in [0.2, 0.25) is 5.91 Å². The lowest BCUT2D eigenvalue weighted by atomic mass is 10.1. The van der Waals surface area contributed by atoms with Crippen LogP contribution in [0.1, 0.15) is 45.0 Å². The van der Waals surface area contributed by atoms with Crippen LogP contribution in [0.3, 0.4) is 0 Å². The summed E-state index contributed by atoms with van der Waals surface area (Å²) in [6.45, 7) is 6.29. The third kappa shape index (κ3) is 5.79. The van der Waals surface area contributed by atoms with Crippen LogP contribution in [0, 0.1) is 12.7 Å². The summed E-state index contributed by atoms with van der Waals surface area (Å²) < 4.78 is 13.4. The lowest BCUT2D eigenvalue weighted by molar-refractivity contribution is -0.129. The van der Waals surface area contributed by atoms with Crippen molar-refractivity contribution >= 4 is 39.7 Å². The Labute approximate surface area is 190 Å². The molecular weight excluding hydrogens is 429 g/mol. The number of thiophene rings is 1. The molecule has 8 heteroatoms. The lowest BCUT2D eigenvalue weighted by Gasteiger charge is -2.19. The Hall–Kier alpha value is -3.52. The highest BCUT2D eigenvalue weighted by molar-refractivity contribution is 7.18. The standard InChI is InChI=1S/C24H24FN3O3S/c1-4-28(16(3)29)14-17-7-5-10-20(12-17)26-24(31)22-15(2)11-21(32-22)27-23(30)18-8-6-9-19(25)13-18/h5-13H,4,14H2,1-3H3,(H,26,31)(H,27,30). The lowest BCUT2D eigenvalue weighted by Crippen LogP contribution is -2.27. The molecule has 0 aliphatic rings. The van der Waals surface area contributed by atoms with Crippen LogP contribution in [0.5, 0.6) is 0 Å². The fraction of sp³-hybridized carbons (Fsp3) is 0.208. The first-order valence-corrected chi connectivity index (χ1v) is 10.9. The van der Waals surface area contributed by atoms with Crippen LogP contribution in [0.2, 0.25) is 0 Å². The Morgan fingerprint density at radius 3 is 2.44 bits per heavy atom. The topological polar surface area (TPSA) is 78.5 Å². The molecule has 2 N–H and O–H groups in total. The van der Waals surface area contributed by atoms with E-state index in [9.17, 15) is 18.8 Å². The Balaban J connectivity index is 1.70. The molecular formula is C24H24FN3O3S. The van der Waals surface area contributed by atoms with Gasteiger partial charge in [0.25, 0.3) is 11.8 Å². The molecule has 0 unspecified atom stereocenters. The third-order valence-electron chi connectivity index (χ3n) is 4.83. The molecule has 6 nitrogen and oxygen atoms in total. The van der Waals surface area contributed by atoms with Gasteiger partial charge in [-0.25, -0.2) is 4.39 Å². The second kappa shape index (κ2) is 10.2. The summed E-state index contributed by atoms with van der Waals surface area (Å²) in [5.41, 5.74) is 2.44. The Morgan fingerprint density at radius 2 is 1.75 bits per heavy atom. The minimum Gasteiger partial charge on any atom is -0.339 e. The van der Waals surface area contributed by atoms with Crippen molar-refractivity contribution in [2.45, 2.75) is 27.3 Å². The van der Waals surface area contributed by atoms with Crippen molar-refractivity contribution in [3.63, 3.8) is 0 Å². The van der Waals surface area contributed by atoms with Gasteiger partial charge in [0.05, 0.1) is 9.88 Å². The van der Waals surface area contributed by atoms with E-state index in [1.54, 1.807) is 24.0 Å². The van der Waals surface area contributed by atoms with E-state index in [1.165, 1.54) is 25.1 Å². The van der Waals surface area contributed by atoms with Gasteiger partial charge in [0.15, 0.2) is 0 Å². The van der Waals surface area contributed by atoms with Crippen LogP contribution in [-0.4, -0.2) is 29.2 Å². The molecule has 3 rings (SSSR count). The van der Waals surface area contributed by atoms with Crippen molar-refractivity contribution in [2.75, 3.05) is 17.2 Å². The fourth-order valence-electron chi connectivity index (χ4n) is 3.18. The number of hydrogen-bond acceptors (Lipinski definition) is 4. The predicted octanol–water partition coefficient (Wildman–Crippen LogP) is 5.07. The maximum atomic E-state index is 13.4. The first-order chi connectivity index (χ1) is 15.3. The summed E-state index contributed by atoms with van der Waals surface area (Å²) in [5.74, 6) is -1.25. The first kappa shape index (κ1) is 23.1. The Bertz CT molecular complexity index is 1160. The van der Waals surface area contributed by atoms with Crippen molar-refractivity contribution in [1.82, 2.24) is 4.90 Å². The van der Waals surface area contributed by atoms with Gasteiger partial charge < -0.3 is 15.5 Å². The summed E-state index contributed by atoms with van der Waals surface area (Å²) in [4.78, 5) is 39.0. The van der Waals surface area contributed by atoms with Gasteiger partial charge in [-0.3, -0.25) is 14.4 Å². The number of anilines is 2. The van der Waals surface area contributed by atoms with Gasteiger partial charge in [0, 0.05) is 31.3 Å². The molecule has 3 amide bonds. The van der Waals surface area contributed by atoms with Crippen LogP contribution in [0.25, 0.3) is 0 Å². The number of amides is 3. The molecule has 32 heavy (non-hydrogen) atoms. The minimum absolute atomic E-state index is 0.0102. The predicted molar refractivity (Wildman–Crippen MR) is 125 cm³/mol. The summed E-state index contributed by atoms with van der Waals surface area (Å²) in [5, 5.41) is 6.08. The number of benzene rings is 2. The third-order valence-corrected chi connectivity index (χ3v) is 5.98. The van der Waals surface area contributed by atoms with E-state index in [2.05, 4.69) is 10.6 Å². The van der Waals surface area contributed by atoms with Gasteiger partial charge in [-0.2, -0.15) is 0 Å². The number of hydrogen-bond donors (Lipinski definition) is 2. The molecule has 0 spiro atoms. The summed E-state index contributed by atoms with van der Waals surface area (Å²) in [6.07, 6.45) is 0. The number of nitrogens with one attached hydrogen (secondary N) is 2. The second-order valence-electron chi connectivity index (χ2n) is 7.27. The highest BCUT2D eigenvalue weighted by Gasteiger charge is 2.16. The molecule has 0 atom stereocenters. The summed E-state index contributed by atoms with van der Waals surface area (Å²) in [7, 11) is 0. The van der Waals surface area contributed by atoms with E-state index in [1.807, 2.05) is 25.1 Å². The molecule has 0 radical (unpaired) electrons. The molecule has 0 fully saturated rings. The van der Waals surface area contributed by atoms with Crippen molar-refractivity contribution in [3.05, 3.63) is 82.0 Å². The number of rotatable bonds is 7. The van der Waals surface area contributed by atoms with Crippen LogP contribution < -0.4 is 10.6 Å². The molecule has 1 heterocycles. The Kier molecular flexibility index (Phi) is 7.37. The SMILES string of the molecule is CCN(Cc1cccc(NC(=O)c2sc(NC(=O)c3cccc(F)c3)cc2C)c1)C(C)=O. The van der Waals surface area contributed by atoms with E-state index in [-0.39, 0.29) is 17.4 Å². The number of carbonyl (C=O) groups is 3. The molecule has 3 aromatic rings. The maximum absolute atomic E-state index is 13.4. The molecule has 2 aromatic carbocycles. The van der Waals surface area contributed by atoms with E-state index in [0.717, 1.165) is 23.0 Å². The number of aryl methyl sites for hydroxylation is 1. The Morgan fingerprint density at radius 1 is 1.00 bits per heavy atom. The van der Waals surface area contributed by atoms with Crippen molar-refractivity contribution in [3.8, 4) is 0 Å². The van der Waals surface area contributed by atoms with E-state index in [4.69, 9.17) is 0 Å². The van der Waals surface area contributed by atoms with Crippen LogP contribution in [-0.2, 0) is 11.3 Å². The van der Waals surface area contributed by atoms with Crippen LogP contribution in [0.4, 0.5) is 15.1 Å². The molecule has 1 aromatic heterocycles. The second-order valence-corrected chi connectivity index (χ2v) is 8.33. The summed E-state index contributed by atoms with van der Waals surface area (Å²) >= 11 is 1.15. The summed E-state index contributed by atoms with van der Waals surface area (Å²) in [6, 6.07) is 14.5. The quantitative estimate of drug-likeness (QED) is 0.524. The average Bonchev–Trinajstić information content (AvgIpc) is 3.12. The van der Waals surface area contributed by atoms with Gasteiger partial charge >= 0.3 is 0 Å². The van der Waals surface area contributed by atoms with Crippen LogP contribution >= 0.6 is 11.3 Å².